The van der Waals surface area contributed by atoms with E-state index in [1.54, 1.807) is 12.1 Å². The lowest BCUT2D eigenvalue weighted by molar-refractivity contribution is -0.117. The molecule has 0 aromatic heterocycles. The molecule has 3 rings (SSSR count). The number of hydrogen-bond donors (Lipinski definition) is 1. The van der Waals surface area contributed by atoms with Gasteiger partial charge in [-0.15, -0.1) is 0 Å². The van der Waals surface area contributed by atoms with Crippen LogP contribution in [0.4, 0.5) is 11.4 Å². The molecule has 0 saturated carbocycles. The lowest BCUT2D eigenvalue weighted by Gasteiger charge is -2.39. The molecule has 1 amide bonds. The van der Waals surface area contributed by atoms with Gasteiger partial charge >= 0.3 is 0 Å². The van der Waals surface area contributed by atoms with Gasteiger partial charge in [-0.2, -0.15) is 5.26 Å². The van der Waals surface area contributed by atoms with Crippen molar-refractivity contribution in [3.63, 3.8) is 0 Å². The highest BCUT2D eigenvalue weighted by molar-refractivity contribution is 7.92. The minimum atomic E-state index is -3.95. The lowest BCUT2D eigenvalue weighted by atomic mass is 10.1. The minimum Gasteiger partial charge on any atom is -0.484 e. The molecule has 2 aromatic carbocycles. The van der Waals surface area contributed by atoms with E-state index in [-0.39, 0.29) is 22.1 Å². The number of sulfonamides is 1. The maximum absolute atomic E-state index is 12.8. The van der Waals surface area contributed by atoms with E-state index in [2.05, 4.69) is 4.72 Å². The number of carbonyl (C=O) groups is 1. The van der Waals surface area contributed by atoms with Crippen molar-refractivity contribution >= 4 is 27.3 Å². The van der Waals surface area contributed by atoms with E-state index in [1.165, 1.54) is 42.2 Å². The number of rotatable bonds is 3. The Bertz CT molecular complexity index is 1050. The largest absolute Gasteiger partial charge is 0.484 e. The molecule has 0 aliphatic carbocycles. The van der Waals surface area contributed by atoms with Gasteiger partial charge in [0.15, 0.2) is 0 Å². The van der Waals surface area contributed by atoms with Gasteiger partial charge in [0.05, 0.1) is 28.4 Å². The summed E-state index contributed by atoms with van der Waals surface area (Å²) in [4.78, 5) is 13.5. The molecule has 140 valence electrons. The number of fused-ring (bicyclic) bond motifs is 1. The number of nitrogens with one attached hydrogen (secondary N) is 1. The van der Waals surface area contributed by atoms with E-state index in [0.29, 0.717) is 18.0 Å². The van der Waals surface area contributed by atoms with Crippen LogP contribution in [0.5, 0.6) is 5.75 Å². The number of anilines is 2. The van der Waals surface area contributed by atoms with Crippen LogP contribution in [0, 0.1) is 11.3 Å². The van der Waals surface area contributed by atoms with Crippen molar-refractivity contribution in [2.75, 3.05) is 16.2 Å². The Labute approximate surface area is 158 Å². The summed E-state index contributed by atoms with van der Waals surface area (Å²) >= 11 is 0. The highest BCUT2D eigenvalue weighted by Crippen LogP contribution is 2.38. The van der Waals surface area contributed by atoms with E-state index in [4.69, 9.17) is 10.00 Å². The van der Waals surface area contributed by atoms with Crippen LogP contribution in [-0.2, 0) is 14.8 Å². The van der Waals surface area contributed by atoms with Gasteiger partial charge < -0.3 is 9.64 Å². The summed E-state index contributed by atoms with van der Waals surface area (Å²) in [5, 5.41) is 9.14. The third-order valence-electron chi connectivity index (χ3n) is 4.13. The predicted octanol–water partition coefficient (Wildman–Crippen LogP) is 2.88. The van der Waals surface area contributed by atoms with Crippen LogP contribution in [-0.4, -0.2) is 26.5 Å². The summed E-state index contributed by atoms with van der Waals surface area (Å²) in [5.74, 6) is 0.239. The molecule has 0 unspecified atom stereocenters. The van der Waals surface area contributed by atoms with Gasteiger partial charge in [0.2, 0.25) is 5.91 Å². The van der Waals surface area contributed by atoms with Gasteiger partial charge in [0, 0.05) is 6.92 Å². The average molecular weight is 385 g/mol. The number of para-hydroxylation sites is 1. The zero-order valence-electron chi connectivity index (χ0n) is 15.2. The Kier molecular flexibility index (Phi) is 4.57. The molecule has 0 bridgehead atoms. The molecule has 0 saturated heterocycles. The summed E-state index contributed by atoms with van der Waals surface area (Å²) in [7, 11) is -3.95. The Hall–Kier alpha value is -3.05. The molecule has 0 fully saturated rings. The van der Waals surface area contributed by atoms with Crippen molar-refractivity contribution in [1.29, 1.82) is 5.26 Å². The maximum Gasteiger partial charge on any atom is 0.262 e. The fourth-order valence-electron chi connectivity index (χ4n) is 2.91. The van der Waals surface area contributed by atoms with Crippen LogP contribution in [0.2, 0.25) is 0 Å². The van der Waals surface area contributed by atoms with Crippen LogP contribution >= 0.6 is 0 Å². The molecule has 27 heavy (non-hydrogen) atoms. The molecule has 0 radical (unpaired) electrons. The first-order chi connectivity index (χ1) is 12.6. The van der Waals surface area contributed by atoms with Gasteiger partial charge in [0.25, 0.3) is 10.0 Å². The van der Waals surface area contributed by atoms with Gasteiger partial charge in [-0.1, -0.05) is 12.1 Å². The topological polar surface area (TPSA) is 99.5 Å². The van der Waals surface area contributed by atoms with E-state index in [1.807, 2.05) is 19.9 Å². The van der Waals surface area contributed by atoms with Crippen LogP contribution in [0.15, 0.2) is 47.4 Å². The van der Waals surface area contributed by atoms with E-state index in [9.17, 15) is 13.2 Å². The van der Waals surface area contributed by atoms with Gasteiger partial charge in [-0.05, 0) is 44.2 Å². The van der Waals surface area contributed by atoms with Crippen molar-refractivity contribution < 1.29 is 17.9 Å². The molecule has 1 aliphatic heterocycles. The fourth-order valence-corrected chi connectivity index (χ4v) is 4.01. The summed E-state index contributed by atoms with van der Waals surface area (Å²) in [6.07, 6.45) is 0. The summed E-state index contributed by atoms with van der Waals surface area (Å²) in [5.41, 5.74) is 0.231. The van der Waals surface area contributed by atoms with E-state index >= 15 is 0 Å². The molecule has 0 spiro atoms. The molecule has 8 heteroatoms. The second-order valence-corrected chi connectivity index (χ2v) is 8.54. The quantitative estimate of drug-likeness (QED) is 0.876. The SMILES string of the molecule is CC(=O)N1CC(C)(C)Oc2ccc(S(=O)(=O)Nc3ccccc3C#N)cc21. The zero-order chi connectivity index (χ0) is 19.8. The number of hydrogen-bond acceptors (Lipinski definition) is 5. The first-order valence-corrected chi connectivity index (χ1v) is 9.74. The number of amides is 1. The van der Waals surface area contributed by atoms with Gasteiger partial charge in [-0.25, -0.2) is 8.42 Å². The normalized spacial score (nSPS) is 15.3. The first kappa shape index (κ1) is 18.7. The summed E-state index contributed by atoms with van der Waals surface area (Å²) < 4.78 is 33.9. The molecular weight excluding hydrogens is 366 g/mol. The predicted molar refractivity (Wildman–Crippen MR) is 101 cm³/mol. The lowest BCUT2D eigenvalue weighted by Crippen LogP contribution is -2.48. The Morgan fingerprint density at radius 3 is 2.63 bits per heavy atom. The number of ether oxygens (including phenoxy) is 1. The molecule has 1 N–H and O–H groups in total. The monoisotopic (exact) mass is 385 g/mol. The second kappa shape index (κ2) is 6.59. The minimum absolute atomic E-state index is 0.0245. The van der Waals surface area contributed by atoms with Crippen molar-refractivity contribution in [3.05, 3.63) is 48.0 Å². The molecule has 7 nitrogen and oxygen atoms in total. The third-order valence-corrected chi connectivity index (χ3v) is 5.49. The van der Waals surface area contributed by atoms with Crippen molar-refractivity contribution in [3.8, 4) is 11.8 Å². The molecule has 1 heterocycles. The number of nitrogens with zero attached hydrogens (tertiary/aromatic N) is 2. The third kappa shape index (κ3) is 3.73. The van der Waals surface area contributed by atoms with Gasteiger partial charge in [0.1, 0.15) is 17.4 Å². The highest BCUT2D eigenvalue weighted by Gasteiger charge is 2.34. The Balaban J connectivity index is 2.02. The molecule has 0 atom stereocenters. The average Bonchev–Trinajstić information content (AvgIpc) is 2.60. The van der Waals surface area contributed by atoms with Crippen LogP contribution in [0.25, 0.3) is 0 Å². The maximum atomic E-state index is 12.8. The number of nitriles is 1. The Morgan fingerprint density at radius 2 is 1.96 bits per heavy atom. The standard InChI is InChI=1S/C19H19N3O4S/c1-13(23)22-12-19(2,3)26-18-9-8-15(10-17(18)22)27(24,25)21-16-7-5-4-6-14(16)11-20/h4-10,21H,12H2,1-3H3. The van der Waals surface area contributed by atoms with E-state index in [0.717, 1.165) is 0 Å². The van der Waals surface area contributed by atoms with Gasteiger partial charge in [-0.3, -0.25) is 9.52 Å². The molecule has 1 aliphatic rings. The van der Waals surface area contributed by atoms with Crippen molar-refractivity contribution in [2.24, 2.45) is 0 Å². The summed E-state index contributed by atoms with van der Waals surface area (Å²) in [6, 6.07) is 12.6. The highest BCUT2D eigenvalue weighted by atomic mass is 32.2. The smallest absolute Gasteiger partial charge is 0.262 e. The van der Waals surface area contributed by atoms with Crippen molar-refractivity contribution in [2.45, 2.75) is 31.3 Å². The second-order valence-electron chi connectivity index (χ2n) is 6.86. The van der Waals surface area contributed by atoms with Crippen molar-refractivity contribution in [1.82, 2.24) is 0 Å². The van der Waals surface area contributed by atoms with Crippen LogP contribution in [0.1, 0.15) is 26.3 Å². The fraction of sp³-hybridized carbons (Fsp3) is 0.263. The Morgan fingerprint density at radius 1 is 1.26 bits per heavy atom. The van der Waals surface area contributed by atoms with Crippen LogP contribution < -0.4 is 14.4 Å². The molecule has 2 aromatic rings. The van der Waals surface area contributed by atoms with E-state index < -0.39 is 15.6 Å². The summed E-state index contributed by atoms with van der Waals surface area (Å²) in [6.45, 7) is 5.45. The number of carbonyl (C=O) groups excluding carboxylic acids is 1. The number of benzene rings is 2. The molecular formula is C19H19N3O4S. The van der Waals surface area contributed by atoms with Crippen LogP contribution in [0.3, 0.4) is 0 Å². The zero-order valence-corrected chi connectivity index (χ0v) is 16.0. The first-order valence-electron chi connectivity index (χ1n) is 8.26.